The molecule has 0 radical (unpaired) electrons. The largest absolute Gasteiger partial charge is 0.486 e. The molecule has 15 heteroatoms. The third kappa shape index (κ3) is 7.08. The van der Waals surface area contributed by atoms with Crippen LogP contribution in [0.3, 0.4) is 0 Å². The van der Waals surface area contributed by atoms with Crippen molar-refractivity contribution in [2.24, 2.45) is 0 Å². The van der Waals surface area contributed by atoms with Crippen molar-refractivity contribution in [1.82, 2.24) is 20.1 Å². The number of amides is 1. The van der Waals surface area contributed by atoms with Gasteiger partial charge in [0.05, 0.1) is 31.4 Å². The fourth-order valence-corrected chi connectivity index (χ4v) is 3.48. The molecule has 1 fully saturated rings. The first-order chi connectivity index (χ1) is 16.9. The molecule has 36 heavy (non-hydrogen) atoms. The monoisotopic (exact) mass is 523 g/mol. The molecule has 0 spiro atoms. The number of alkyl halides is 6. The fraction of sp³-hybridized carbons (Fsp3) is 0.524. The lowest BCUT2D eigenvalue weighted by Gasteiger charge is -2.35. The van der Waals surface area contributed by atoms with E-state index in [1.165, 1.54) is 13.0 Å². The van der Waals surface area contributed by atoms with Crippen LogP contribution >= 0.6 is 0 Å². The molecule has 0 bridgehead atoms. The molecule has 1 N–H and O–H groups in total. The molecule has 3 rings (SSSR count). The van der Waals surface area contributed by atoms with Crippen LogP contribution in [0.4, 0.5) is 32.2 Å². The van der Waals surface area contributed by atoms with E-state index in [1.54, 1.807) is 14.9 Å². The SMILES string of the molecule is C[C@@H](COCCC(=O)N1CCN(c2ccc(C(F)(F)F)cn2)CC1)Oc1cn[nH]c(=O)c1C(F)(F)F. The van der Waals surface area contributed by atoms with Crippen molar-refractivity contribution in [3.8, 4) is 5.75 Å². The maximum Gasteiger partial charge on any atom is 0.425 e. The summed E-state index contributed by atoms with van der Waals surface area (Å²) in [4.78, 5) is 31.1. The minimum Gasteiger partial charge on any atom is -0.486 e. The maximum absolute atomic E-state index is 13.1. The molecule has 3 heterocycles. The van der Waals surface area contributed by atoms with Crippen molar-refractivity contribution in [3.05, 3.63) is 46.0 Å². The molecule has 1 amide bonds. The third-order valence-corrected chi connectivity index (χ3v) is 5.28. The van der Waals surface area contributed by atoms with E-state index < -0.39 is 40.9 Å². The average molecular weight is 523 g/mol. The zero-order valence-electron chi connectivity index (χ0n) is 19.0. The van der Waals surface area contributed by atoms with E-state index in [4.69, 9.17) is 9.47 Å². The number of H-pyrrole nitrogens is 1. The van der Waals surface area contributed by atoms with Crippen LogP contribution in [0.5, 0.6) is 5.75 Å². The van der Waals surface area contributed by atoms with Gasteiger partial charge in [-0.25, -0.2) is 10.1 Å². The number of halogens is 6. The molecule has 1 atom stereocenters. The van der Waals surface area contributed by atoms with Crippen LogP contribution in [0.1, 0.15) is 24.5 Å². The van der Waals surface area contributed by atoms with Gasteiger partial charge >= 0.3 is 12.4 Å². The number of anilines is 1. The lowest BCUT2D eigenvalue weighted by Crippen LogP contribution is -2.49. The van der Waals surface area contributed by atoms with E-state index >= 15 is 0 Å². The first kappa shape index (κ1) is 27.2. The highest BCUT2D eigenvalue weighted by atomic mass is 19.4. The molecule has 9 nitrogen and oxygen atoms in total. The summed E-state index contributed by atoms with van der Waals surface area (Å²) < 4.78 is 87.7. The minimum absolute atomic E-state index is 0.00699. The highest BCUT2D eigenvalue weighted by molar-refractivity contribution is 5.76. The Bertz CT molecular complexity index is 1080. The zero-order chi connectivity index (χ0) is 26.5. The Kier molecular flexibility index (Phi) is 8.43. The van der Waals surface area contributed by atoms with Crippen molar-refractivity contribution in [2.45, 2.75) is 31.8 Å². The van der Waals surface area contributed by atoms with Gasteiger partial charge in [0.1, 0.15) is 11.9 Å². The molecular weight excluding hydrogens is 500 g/mol. The van der Waals surface area contributed by atoms with E-state index in [2.05, 4.69) is 10.1 Å². The summed E-state index contributed by atoms with van der Waals surface area (Å²) in [5.41, 5.74) is -3.76. The number of pyridine rings is 1. The Morgan fingerprint density at radius 3 is 2.36 bits per heavy atom. The van der Waals surface area contributed by atoms with Crippen LogP contribution in [0.2, 0.25) is 0 Å². The van der Waals surface area contributed by atoms with Gasteiger partial charge in [-0.05, 0) is 19.1 Å². The first-order valence-corrected chi connectivity index (χ1v) is 10.8. The standard InChI is InChI=1S/C21H23F6N5O4/c1-13(36-15-11-29-30-19(34)18(15)21(25,26)27)12-35-9-4-17(33)32-7-5-31(6-8-32)16-3-2-14(10-28-16)20(22,23)24/h2-3,10-11,13H,4-9,12H2,1H3,(H,30,34)/t13-/m0/s1. The van der Waals surface area contributed by atoms with E-state index in [1.807, 2.05) is 0 Å². The van der Waals surface area contributed by atoms with Gasteiger partial charge in [0.2, 0.25) is 5.91 Å². The topological polar surface area (TPSA) is 101 Å². The highest BCUT2D eigenvalue weighted by Crippen LogP contribution is 2.33. The number of nitrogens with zero attached hydrogens (tertiary/aromatic N) is 4. The summed E-state index contributed by atoms with van der Waals surface area (Å²) in [6.07, 6.45) is -8.71. The maximum atomic E-state index is 13.1. The molecular formula is C21H23F6N5O4. The van der Waals surface area contributed by atoms with E-state index in [0.717, 1.165) is 18.5 Å². The molecule has 0 unspecified atom stereocenters. The fourth-order valence-electron chi connectivity index (χ4n) is 3.48. The molecule has 2 aromatic rings. The van der Waals surface area contributed by atoms with Gasteiger partial charge < -0.3 is 19.3 Å². The molecule has 0 saturated carbocycles. The molecule has 1 aliphatic heterocycles. The van der Waals surface area contributed by atoms with Gasteiger partial charge in [-0.2, -0.15) is 31.4 Å². The van der Waals surface area contributed by atoms with Crippen LogP contribution in [0.25, 0.3) is 0 Å². The molecule has 0 aliphatic carbocycles. The zero-order valence-corrected chi connectivity index (χ0v) is 19.0. The van der Waals surface area contributed by atoms with Crippen LogP contribution in [-0.4, -0.2) is 71.5 Å². The number of carbonyl (C=O) groups excluding carboxylic acids is 1. The summed E-state index contributed by atoms with van der Waals surface area (Å²) in [5.74, 6) is -0.544. The number of aromatic nitrogens is 3. The van der Waals surface area contributed by atoms with Gasteiger partial charge in [0, 0.05) is 32.4 Å². The van der Waals surface area contributed by atoms with Crippen LogP contribution < -0.4 is 15.2 Å². The molecule has 198 valence electrons. The van der Waals surface area contributed by atoms with Crippen molar-refractivity contribution in [3.63, 3.8) is 0 Å². The third-order valence-electron chi connectivity index (χ3n) is 5.28. The van der Waals surface area contributed by atoms with Crippen molar-refractivity contribution < 1.29 is 40.6 Å². The number of carbonyl (C=O) groups is 1. The minimum atomic E-state index is -4.93. The van der Waals surface area contributed by atoms with Gasteiger partial charge in [-0.15, -0.1) is 0 Å². The predicted octanol–water partition coefficient (Wildman–Crippen LogP) is 2.73. The van der Waals surface area contributed by atoms with Crippen LogP contribution in [-0.2, 0) is 21.9 Å². The van der Waals surface area contributed by atoms with E-state index in [-0.39, 0.29) is 25.5 Å². The second-order valence-electron chi connectivity index (χ2n) is 7.96. The summed E-state index contributed by atoms with van der Waals surface area (Å²) in [6, 6.07) is 2.24. The van der Waals surface area contributed by atoms with Gasteiger partial charge in [0.15, 0.2) is 11.3 Å². The number of piperazine rings is 1. The number of nitrogens with one attached hydrogen (secondary N) is 1. The number of aromatic amines is 1. The summed E-state index contributed by atoms with van der Waals surface area (Å²) in [6.45, 7) is 2.77. The van der Waals surface area contributed by atoms with Crippen molar-refractivity contribution in [2.75, 3.05) is 44.3 Å². The van der Waals surface area contributed by atoms with Crippen molar-refractivity contribution >= 4 is 11.7 Å². The second kappa shape index (κ2) is 11.1. The molecule has 1 saturated heterocycles. The molecule has 0 aromatic carbocycles. The number of hydrogen-bond acceptors (Lipinski definition) is 7. The lowest BCUT2D eigenvalue weighted by atomic mass is 10.2. The van der Waals surface area contributed by atoms with Gasteiger partial charge in [-0.3, -0.25) is 9.59 Å². The summed E-state index contributed by atoms with van der Waals surface area (Å²) >= 11 is 0. The average Bonchev–Trinajstić information content (AvgIpc) is 2.80. The molecule has 2 aromatic heterocycles. The Morgan fingerprint density at radius 1 is 1.08 bits per heavy atom. The summed E-state index contributed by atoms with van der Waals surface area (Å²) in [5, 5.41) is 5.02. The van der Waals surface area contributed by atoms with E-state index in [0.29, 0.717) is 32.0 Å². The second-order valence-corrected chi connectivity index (χ2v) is 7.96. The normalized spacial score (nSPS) is 15.6. The Morgan fingerprint density at radius 2 is 1.78 bits per heavy atom. The smallest absolute Gasteiger partial charge is 0.425 e. The highest BCUT2D eigenvalue weighted by Gasteiger charge is 2.38. The Labute approximate surface area is 201 Å². The van der Waals surface area contributed by atoms with Gasteiger partial charge in [0.25, 0.3) is 5.56 Å². The molecule has 1 aliphatic rings. The van der Waals surface area contributed by atoms with Gasteiger partial charge in [-0.1, -0.05) is 0 Å². The number of hydrogen-bond donors (Lipinski definition) is 1. The van der Waals surface area contributed by atoms with Crippen molar-refractivity contribution in [1.29, 1.82) is 0 Å². The predicted molar refractivity (Wildman–Crippen MR) is 113 cm³/mol. The Hall–Kier alpha value is -3.36. The van der Waals surface area contributed by atoms with Crippen LogP contribution in [0, 0.1) is 0 Å². The summed E-state index contributed by atoms with van der Waals surface area (Å²) in [7, 11) is 0. The number of ether oxygens (including phenoxy) is 2. The Balaban J connectivity index is 1.40. The lowest BCUT2D eigenvalue weighted by molar-refractivity contribution is -0.141. The number of rotatable bonds is 8. The van der Waals surface area contributed by atoms with Crippen LogP contribution in [0.15, 0.2) is 29.3 Å². The quantitative estimate of drug-likeness (QED) is 0.420. The van der Waals surface area contributed by atoms with E-state index in [9.17, 15) is 35.9 Å². The first-order valence-electron chi connectivity index (χ1n) is 10.8.